The van der Waals surface area contributed by atoms with Gasteiger partial charge in [0.2, 0.25) is 5.91 Å². The predicted molar refractivity (Wildman–Crippen MR) is 175 cm³/mol. The van der Waals surface area contributed by atoms with E-state index < -0.39 is 17.6 Å². The third-order valence-corrected chi connectivity index (χ3v) is 10.6. The topological polar surface area (TPSA) is 62.0 Å². The number of carbonyl (C=O) groups is 1. The van der Waals surface area contributed by atoms with Crippen LogP contribution in [0, 0.1) is 5.41 Å². The molecule has 3 aromatic carbocycles. The van der Waals surface area contributed by atoms with Gasteiger partial charge in [0.05, 0.1) is 12.7 Å². The number of ether oxygens (including phenoxy) is 1. The summed E-state index contributed by atoms with van der Waals surface area (Å²) in [5.74, 6) is -0.139. The molecule has 1 spiro atoms. The van der Waals surface area contributed by atoms with Gasteiger partial charge in [0, 0.05) is 62.6 Å². The number of halogens is 3. The molecule has 2 N–H and O–H groups in total. The molecule has 2 saturated heterocycles. The summed E-state index contributed by atoms with van der Waals surface area (Å²) in [5, 5.41) is 0. The molecule has 2 aliphatic heterocycles. The Morgan fingerprint density at radius 1 is 0.978 bits per heavy atom. The van der Waals surface area contributed by atoms with E-state index in [4.69, 9.17) is 10.5 Å². The van der Waals surface area contributed by atoms with Gasteiger partial charge in [-0.15, -0.1) is 0 Å². The van der Waals surface area contributed by atoms with Crippen LogP contribution < -0.4 is 15.4 Å². The fourth-order valence-corrected chi connectivity index (χ4v) is 8.04. The highest BCUT2D eigenvalue weighted by Crippen LogP contribution is 2.53. The Bertz CT molecular complexity index is 1520. The third kappa shape index (κ3) is 6.63. The molecule has 1 aliphatic carbocycles. The average molecular weight is 635 g/mol. The molecule has 1 saturated carbocycles. The number of primary amides is 1. The van der Waals surface area contributed by atoms with Crippen molar-refractivity contribution in [3.8, 4) is 5.75 Å². The molecular formula is C37H45F3N4O2. The first kappa shape index (κ1) is 32.4. The van der Waals surface area contributed by atoms with E-state index in [-0.39, 0.29) is 11.8 Å². The second-order valence-corrected chi connectivity index (χ2v) is 13.8. The van der Waals surface area contributed by atoms with Crippen molar-refractivity contribution >= 4 is 11.6 Å². The van der Waals surface area contributed by atoms with Gasteiger partial charge >= 0.3 is 6.18 Å². The van der Waals surface area contributed by atoms with Crippen molar-refractivity contribution < 1.29 is 22.7 Å². The van der Waals surface area contributed by atoms with Crippen LogP contribution in [-0.4, -0.2) is 61.6 Å². The highest BCUT2D eigenvalue weighted by Gasteiger charge is 2.50. The van der Waals surface area contributed by atoms with Crippen molar-refractivity contribution in [2.24, 2.45) is 11.1 Å². The van der Waals surface area contributed by atoms with E-state index in [1.54, 1.807) is 12.1 Å². The van der Waals surface area contributed by atoms with E-state index in [1.165, 1.54) is 31.1 Å². The fourth-order valence-electron chi connectivity index (χ4n) is 8.04. The number of nitrogens with two attached hydrogens (primary N) is 1. The molecule has 3 fully saturated rings. The Morgan fingerprint density at radius 3 is 2.30 bits per heavy atom. The summed E-state index contributed by atoms with van der Waals surface area (Å²) in [7, 11) is 1.30. The van der Waals surface area contributed by atoms with Crippen LogP contribution in [0.15, 0.2) is 66.7 Å². The molecule has 9 heteroatoms. The number of anilines is 1. The highest BCUT2D eigenvalue weighted by atomic mass is 19.4. The lowest BCUT2D eigenvalue weighted by atomic mass is 9.59. The first-order valence-corrected chi connectivity index (χ1v) is 16.4. The van der Waals surface area contributed by atoms with Crippen LogP contribution in [-0.2, 0) is 12.7 Å². The lowest BCUT2D eigenvalue weighted by molar-refractivity contribution is -0.138. The van der Waals surface area contributed by atoms with Gasteiger partial charge in [0.1, 0.15) is 5.75 Å². The SMILES string of the molecule is COc1cc(CN2CCN(C3CC4(CCN(c5ccc(C(N)=O)cc5)CC4)C3)[C@H](c3ccccc3C(C)C)C2)ccc1C(F)(F)F. The number of nitrogens with zero attached hydrogens (tertiary/aromatic N) is 3. The van der Waals surface area contributed by atoms with E-state index in [2.05, 4.69) is 52.8 Å². The van der Waals surface area contributed by atoms with Crippen LogP contribution in [0.4, 0.5) is 18.9 Å². The number of piperazine rings is 1. The quantitative estimate of drug-likeness (QED) is 0.283. The Morgan fingerprint density at radius 2 is 1.67 bits per heavy atom. The van der Waals surface area contributed by atoms with E-state index in [1.807, 2.05) is 24.3 Å². The van der Waals surface area contributed by atoms with Gasteiger partial charge < -0.3 is 15.4 Å². The number of amides is 1. The van der Waals surface area contributed by atoms with Crippen LogP contribution in [0.3, 0.4) is 0 Å². The van der Waals surface area contributed by atoms with E-state index in [0.717, 1.165) is 62.9 Å². The molecule has 0 bridgehead atoms. The van der Waals surface area contributed by atoms with Crippen molar-refractivity contribution in [3.63, 3.8) is 0 Å². The van der Waals surface area contributed by atoms with Gasteiger partial charge in [-0.1, -0.05) is 44.2 Å². The van der Waals surface area contributed by atoms with Crippen molar-refractivity contribution in [3.05, 3.63) is 94.5 Å². The Hall–Kier alpha value is -3.56. The number of rotatable bonds is 8. The number of benzene rings is 3. The summed E-state index contributed by atoms with van der Waals surface area (Å²) in [4.78, 5) is 19.0. The second kappa shape index (κ2) is 12.9. The van der Waals surface area contributed by atoms with Crippen molar-refractivity contribution in [1.29, 1.82) is 0 Å². The van der Waals surface area contributed by atoms with E-state index in [0.29, 0.717) is 29.5 Å². The monoisotopic (exact) mass is 634 g/mol. The minimum Gasteiger partial charge on any atom is -0.496 e. The number of hydrogen-bond donors (Lipinski definition) is 1. The maximum atomic E-state index is 13.5. The van der Waals surface area contributed by atoms with Crippen molar-refractivity contribution in [2.75, 3.05) is 44.7 Å². The molecule has 1 amide bonds. The first-order chi connectivity index (χ1) is 22.0. The largest absolute Gasteiger partial charge is 0.496 e. The molecule has 0 aromatic heterocycles. The highest BCUT2D eigenvalue weighted by molar-refractivity contribution is 5.93. The molecule has 46 heavy (non-hydrogen) atoms. The Balaban J connectivity index is 1.15. The number of methoxy groups -OCH3 is 1. The molecule has 2 heterocycles. The van der Waals surface area contributed by atoms with Crippen LogP contribution in [0.2, 0.25) is 0 Å². The Labute approximate surface area is 270 Å². The summed E-state index contributed by atoms with van der Waals surface area (Å²) in [6.45, 7) is 9.69. The van der Waals surface area contributed by atoms with Gasteiger partial charge in [-0.3, -0.25) is 14.6 Å². The third-order valence-electron chi connectivity index (χ3n) is 10.6. The molecule has 246 valence electrons. The average Bonchev–Trinajstić information content (AvgIpc) is 3.03. The lowest BCUT2D eigenvalue weighted by Gasteiger charge is -2.58. The number of piperidine rings is 1. The van der Waals surface area contributed by atoms with E-state index in [9.17, 15) is 18.0 Å². The maximum absolute atomic E-state index is 13.5. The maximum Gasteiger partial charge on any atom is 0.419 e. The number of hydrogen-bond acceptors (Lipinski definition) is 5. The molecule has 0 radical (unpaired) electrons. The normalized spacial score (nSPS) is 21.0. The lowest BCUT2D eigenvalue weighted by Crippen LogP contribution is -2.60. The second-order valence-electron chi connectivity index (χ2n) is 13.8. The van der Waals surface area contributed by atoms with Gasteiger partial charge in [-0.25, -0.2) is 0 Å². The molecule has 6 rings (SSSR count). The Kier molecular flexibility index (Phi) is 9.09. The molecule has 1 atom stereocenters. The van der Waals surface area contributed by atoms with Crippen LogP contribution in [0.25, 0.3) is 0 Å². The zero-order valence-electron chi connectivity index (χ0n) is 27.0. The molecule has 0 unspecified atom stereocenters. The van der Waals surface area contributed by atoms with Gasteiger partial charge in [0.25, 0.3) is 0 Å². The minimum absolute atomic E-state index is 0.126. The standard InChI is InChI=1S/C37H45F3N4O2/c1-25(2)30-6-4-5-7-31(30)33-24-42(23-26-8-13-32(37(38,39)40)34(20-26)46-3)18-19-44(33)29-21-36(22-29)14-16-43(17-15-36)28-11-9-27(10-12-28)35(41)45/h4-13,20,25,29,33H,14-19,21-24H2,1-3H3,(H2,41,45)/t33-/m0/s1. The number of alkyl halides is 3. The van der Waals surface area contributed by atoms with Crippen LogP contribution in [0.1, 0.15) is 84.1 Å². The summed E-state index contributed by atoms with van der Waals surface area (Å²) in [6, 6.07) is 21.4. The van der Waals surface area contributed by atoms with Crippen LogP contribution in [0.5, 0.6) is 5.75 Å². The number of carbonyl (C=O) groups excluding carboxylic acids is 1. The molecule has 3 aromatic rings. The predicted octanol–water partition coefficient (Wildman–Crippen LogP) is 7.24. The summed E-state index contributed by atoms with van der Waals surface area (Å²) >= 11 is 0. The fraction of sp³-hybridized carbons (Fsp3) is 0.486. The smallest absolute Gasteiger partial charge is 0.419 e. The van der Waals surface area contributed by atoms with E-state index >= 15 is 0 Å². The van der Waals surface area contributed by atoms with Gasteiger partial charge in [-0.2, -0.15) is 13.2 Å². The zero-order valence-corrected chi connectivity index (χ0v) is 27.0. The minimum atomic E-state index is -4.45. The van der Waals surface area contributed by atoms with Crippen molar-refractivity contribution in [2.45, 2.75) is 70.3 Å². The molecule has 3 aliphatic rings. The summed E-state index contributed by atoms with van der Waals surface area (Å²) < 4.78 is 45.6. The van der Waals surface area contributed by atoms with Gasteiger partial charge in [0.15, 0.2) is 0 Å². The van der Waals surface area contributed by atoms with Crippen LogP contribution >= 0.6 is 0 Å². The first-order valence-electron chi connectivity index (χ1n) is 16.4. The zero-order chi connectivity index (χ0) is 32.6. The summed E-state index contributed by atoms with van der Waals surface area (Å²) in [6.07, 6.45) is 0.250. The van der Waals surface area contributed by atoms with Crippen molar-refractivity contribution in [1.82, 2.24) is 9.80 Å². The summed E-state index contributed by atoms with van der Waals surface area (Å²) in [5.41, 5.74) is 10.3. The van der Waals surface area contributed by atoms with Gasteiger partial charge in [-0.05, 0) is 90.1 Å². The molecular weight excluding hydrogens is 589 g/mol. The molecule has 6 nitrogen and oxygen atoms in total.